The molecule has 44 heavy (non-hydrogen) atoms. The van der Waals surface area contributed by atoms with Crippen molar-refractivity contribution in [3.63, 3.8) is 0 Å². The molecule has 4 aliphatic rings. The zero-order chi connectivity index (χ0) is 31.6. The molecule has 2 aromatic carbocycles. The zero-order valence-corrected chi connectivity index (χ0v) is 25.1. The van der Waals surface area contributed by atoms with E-state index in [-0.39, 0.29) is 23.6 Å². The van der Waals surface area contributed by atoms with Gasteiger partial charge < -0.3 is 19.5 Å². The van der Waals surface area contributed by atoms with Gasteiger partial charge in [-0.3, -0.25) is 14.5 Å². The van der Waals surface area contributed by atoms with Gasteiger partial charge in [-0.2, -0.15) is 13.2 Å². The van der Waals surface area contributed by atoms with Gasteiger partial charge in [0.15, 0.2) is 11.5 Å². The minimum atomic E-state index is -4.49. The van der Waals surface area contributed by atoms with E-state index in [1.165, 1.54) is 31.2 Å². The monoisotopic (exact) mass is 610 g/mol. The largest absolute Gasteiger partial charge is 0.483 e. The van der Waals surface area contributed by atoms with Gasteiger partial charge in [0.2, 0.25) is 5.91 Å². The quantitative estimate of drug-likeness (QED) is 0.199. The van der Waals surface area contributed by atoms with Crippen molar-refractivity contribution < 1.29 is 37.3 Å². The Morgan fingerprint density at radius 1 is 1.25 bits per heavy atom. The summed E-state index contributed by atoms with van der Waals surface area (Å²) in [6.45, 7) is 10.3. The Balaban J connectivity index is 1.41. The second-order valence-electron chi connectivity index (χ2n) is 12.6. The first-order chi connectivity index (χ1) is 20.8. The Bertz CT molecular complexity index is 1540. The molecule has 0 unspecified atom stereocenters. The van der Waals surface area contributed by atoms with Crippen LogP contribution in [0.25, 0.3) is 6.08 Å². The van der Waals surface area contributed by atoms with E-state index >= 15 is 0 Å². The van der Waals surface area contributed by atoms with Crippen molar-refractivity contribution in [2.75, 3.05) is 13.1 Å². The van der Waals surface area contributed by atoms with Gasteiger partial charge >= 0.3 is 12.1 Å². The lowest BCUT2D eigenvalue weighted by atomic mass is 9.48. The third-order valence-corrected chi connectivity index (χ3v) is 9.94. The van der Waals surface area contributed by atoms with Crippen molar-refractivity contribution in [3.05, 3.63) is 77.4 Å². The molecule has 1 saturated heterocycles. The minimum Gasteiger partial charge on any atom is -0.483 e. The maximum Gasteiger partial charge on any atom is 0.416 e. The Morgan fingerprint density at radius 3 is 2.70 bits per heavy atom. The number of hydrogen-bond donors (Lipinski definition) is 1. The summed E-state index contributed by atoms with van der Waals surface area (Å²) in [5.41, 5.74) is -0.659. The van der Waals surface area contributed by atoms with Crippen LogP contribution in [0.2, 0.25) is 0 Å². The highest BCUT2D eigenvalue weighted by atomic mass is 19.4. The molecule has 234 valence electrons. The standard InChI is InChI=1S/C34H37F3N2O5/c1-5-16-38-17-15-32-29-23-10-11-26(43-21(4)40)30(29)44-31(32)25(13-14-33(32,42)27(38)19-23)39(20(2)3)28(41)12-9-22-7-6-8-24(18-22)34(35,36)37/h5-12,18,20,25,27,31,42H,1,13-17,19H2,2-4H3/t25-,27-,31+,32+,33-/m1/s1. The lowest BCUT2D eigenvalue weighted by Crippen LogP contribution is -2.78. The average Bonchev–Trinajstić information content (AvgIpc) is 3.31. The summed E-state index contributed by atoms with van der Waals surface area (Å²) < 4.78 is 52.2. The molecule has 10 heteroatoms. The number of rotatable bonds is 7. The van der Waals surface area contributed by atoms with E-state index in [2.05, 4.69) is 11.5 Å². The number of benzene rings is 2. The van der Waals surface area contributed by atoms with Crippen LogP contribution >= 0.6 is 0 Å². The Labute approximate surface area is 254 Å². The number of esters is 1. The molecule has 5 atom stereocenters. The van der Waals surface area contributed by atoms with Crippen LogP contribution < -0.4 is 9.47 Å². The van der Waals surface area contributed by atoms with Crippen molar-refractivity contribution in [3.8, 4) is 11.5 Å². The summed E-state index contributed by atoms with van der Waals surface area (Å²) in [6.07, 6.45) is 1.46. The van der Waals surface area contributed by atoms with Crippen molar-refractivity contribution in [1.82, 2.24) is 9.80 Å². The molecule has 6 rings (SSSR count). The first-order valence-electron chi connectivity index (χ1n) is 15.1. The highest BCUT2D eigenvalue weighted by Crippen LogP contribution is 2.66. The van der Waals surface area contributed by atoms with Gasteiger partial charge in [-0.1, -0.05) is 24.3 Å². The lowest BCUT2D eigenvalue weighted by Gasteiger charge is -2.65. The van der Waals surface area contributed by atoms with E-state index in [9.17, 15) is 27.9 Å². The molecule has 1 spiro atoms. The number of carbonyl (C=O) groups is 2. The number of hydrogen-bond acceptors (Lipinski definition) is 6. The molecular weight excluding hydrogens is 573 g/mol. The molecule has 0 radical (unpaired) electrons. The number of amides is 1. The van der Waals surface area contributed by atoms with Gasteiger partial charge in [0.25, 0.3) is 0 Å². The zero-order valence-electron chi connectivity index (χ0n) is 25.1. The molecule has 7 nitrogen and oxygen atoms in total. The summed E-state index contributed by atoms with van der Waals surface area (Å²) in [5.74, 6) is -0.114. The maximum atomic E-state index is 13.9. The topological polar surface area (TPSA) is 79.3 Å². The fourth-order valence-electron chi connectivity index (χ4n) is 8.37. The summed E-state index contributed by atoms with van der Waals surface area (Å²) in [5, 5.41) is 12.7. The summed E-state index contributed by atoms with van der Waals surface area (Å²) in [4.78, 5) is 29.9. The molecule has 0 aromatic heterocycles. The van der Waals surface area contributed by atoms with E-state index in [0.717, 1.165) is 23.3 Å². The van der Waals surface area contributed by atoms with Crippen molar-refractivity contribution >= 4 is 18.0 Å². The predicted molar refractivity (Wildman–Crippen MR) is 158 cm³/mol. The maximum absolute atomic E-state index is 13.9. The van der Waals surface area contributed by atoms with Crippen LogP contribution in [-0.4, -0.2) is 69.7 Å². The van der Waals surface area contributed by atoms with Gasteiger partial charge in [-0.05, 0) is 81.5 Å². The minimum absolute atomic E-state index is 0.191. The van der Waals surface area contributed by atoms with Crippen LogP contribution in [0, 0.1) is 0 Å². The van der Waals surface area contributed by atoms with Gasteiger partial charge in [-0.15, -0.1) is 6.58 Å². The smallest absolute Gasteiger partial charge is 0.416 e. The fourth-order valence-corrected chi connectivity index (χ4v) is 8.37. The van der Waals surface area contributed by atoms with Gasteiger partial charge in [0.05, 0.1) is 22.6 Å². The van der Waals surface area contributed by atoms with Crippen molar-refractivity contribution in [2.45, 2.75) is 87.9 Å². The molecule has 2 bridgehead atoms. The third-order valence-electron chi connectivity index (χ3n) is 9.94. The van der Waals surface area contributed by atoms with E-state index in [4.69, 9.17) is 9.47 Å². The van der Waals surface area contributed by atoms with E-state index in [1.807, 2.05) is 26.0 Å². The second kappa shape index (κ2) is 10.8. The number of carbonyl (C=O) groups excluding carboxylic acids is 2. The first kappa shape index (κ1) is 30.4. The predicted octanol–water partition coefficient (Wildman–Crippen LogP) is 5.29. The van der Waals surface area contributed by atoms with Crippen molar-refractivity contribution in [2.24, 2.45) is 0 Å². The number of ether oxygens (including phenoxy) is 2. The second-order valence-corrected chi connectivity index (χ2v) is 12.6. The summed E-state index contributed by atoms with van der Waals surface area (Å²) >= 11 is 0. The first-order valence-corrected chi connectivity index (χ1v) is 15.1. The fraction of sp³-hybridized carbons (Fsp3) is 0.471. The number of aliphatic hydroxyl groups is 1. The Kier molecular flexibility index (Phi) is 7.44. The molecule has 1 N–H and O–H groups in total. The van der Waals surface area contributed by atoms with Crippen LogP contribution in [0.1, 0.15) is 62.3 Å². The Morgan fingerprint density at radius 2 is 2.02 bits per heavy atom. The number of piperidine rings is 1. The molecule has 1 amide bonds. The molecule has 2 heterocycles. The number of alkyl halides is 3. The van der Waals surface area contributed by atoms with E-state index in [1.54, 1.807) is 11.0 Å². The number of likely N-dealkylation sites (tertiary alicyclic amines) is 1. The van der Waals surface area contributed by atoms with Crippen LogP contribution in [-0.2, 0) is 27.6 Å². The lowest BCUT2D eigenvalue weighted by molar-refractivity contribution is -0.200. The third kappa shape index (κ3) is 4.56. The van der Waals surface area contributed by atoms with Gasteiger partial charge in [-0.25, -0.2) is 0 Å². The summed E-state index contributed by atoms with van der Waals surface area (Å²) in [7, 11) is 0. The molecule has 1 saturated carbocycles. The number of halogens is 3. The highest BCUT2D eigenvalue weighted by Gasteiger charge is 2.73. The van der Waals surface area contributed by atoms with Crippen molar-refractivity contribution in [1.29, 1.82) is 0 Å². The van der Waals surface area contributed by atoms with Gasteiger partial charge in [0, 0.05) is 37.2 Å². The molecule has 2 fully saturated rings. The van der Waals surface area contributed by atoms with Crippen LogP contribution in [0.5, 0.6) is 11.5 Å². The molecule has 2 aliphatic heterocycles. The molecular formula is C34H37F3N2O5. The molecule has 2 aromatic rings. The van der Waals surface area contributed by atoms with Crippen LogP contribution in [0.4, 0.5) is 13.2 Å². The van der Waals surface area contributed by atoms with E-state index in [0.29, 0.717) is 50.3 Å². The molecule has 2 aliphatic carbocycles. The van der Waals surface area contributed by atoms with Gasteiger partial charge in [0.1, 0.15) is 6.10 Å². The average molecular weight is 611 g/mol. The number of nitrogens with zero attached hydrogens (tertiary/aromatic N) is 2. The highest BCUT2D eigenvalue weighted by molar-refractivity contribution is 5.92. The Hall–Kier alpha value is -3.63. The van der Waals surface area contributed by atoms with Crippen LogP contribution in [0.3, 0.4) is 0 Å². The summed E-state index contributed by atoms with van der Waals surface area (Å²) in [6, 6.07) is 7.60. The van der Waals surface area contributed by atoms with Crippen LogP contribution in [0.15, 0.2) is 55.1 Å². The normalized spacial score (nSPS) is 28.9. The SMILES string of the molecule is C=CCN1CC[C@]23c4c5ccc(OC(C)=O)c4O[C@H]2[C@H](N(C(=O)C=Cc2cccc(C(F)(F)F)c2)C(C)C)CC[C@@]3(O)[C@H]1C5. The van der Waals surface area contributed by atoms with E-state index < -0.39 is 40.9 Å².